The highest BCUT2D eigenvalue weighted by Crippen LogP contribution is 2.40. The number of alkyl halides is 3. The summed E-state index contributed by atoms with van der Waals surface area (Å²) in [5, 5.41) is 5.64. The Morgan fingerprint density at radius 3 is 2.23 bits per heavy atom. The van der Waals surface area contributed by atoms with Crippen LogP contribution in [0, 0.1) is 5.82 Å². The van der Waals surface area contributed by atoms with E-state index in [0.29, 0.717) is 18.4 Å². The first kappa shape index (κ1) is 26.7. The summed E-state index contributed by atoms with van der Waals surface area (Å²) in [7, 11) is 0. The first-order chi connectivity index (χ1) is 16.3. The van der Waals surface area contributed by atoms with Crippen LogP contribution < -0.4 is 15.4 Å². The standard InChI is InChI=1S/C23H24ClF4N3O4/c1-21(30-19(32)10-34-9-14-3-6-18(29-8-14)23(26,27)28)12-22(2,13-21)31-20(33)11-35-15-4-5-16(24)17(25)7-15/h3-8H,9-13H2,1-2H3,(H,30,32)(H,31,33). The van der Waals surface area contributed by atoms with Gasteiger partial charge in [-0.25, -0.2) is 4.39 Å². The van der Waals surface area contributed by atoms with Gasteiger partial charge in [-0.15, -0.1) is 0 Å². The van der Waals surface area contributed by atoms with Gasteiger partial charge in [0.2, 0.25) is 5.91 Å². The molecule has 1 aromatic carbocycles. The molecule has 35 heavy (non-hydrogen) atoms. The highest BCUT2D eigenvalue weighted by molar-refractivity contribution is 6.30. The molecule has 0 saturated heterocycles. The second-order valence-corrected chi connectivity index (χ2v) is 9.39. The van der Waals surface area contributed by atoms with Gasteiger partial charge in [-0.1, -0.05) is 17.7 Å². The maximum absolute atomic E-state index is 13.4. The van der Waals surface area contributed by atoms with Crippen LogP contribution in [-0.2, 0) is 27.1 Å². The maximum atomic E-state index is 13.4. The second-order valence-electron chi connectivity index (χ2n) is 8.98. The predicted molar refractivity (Wildman–Crippen MR) is 118 cm³/mol. The molecule has 1 aromatic heterocycles. The van der Waals surface area contributed by atoms with Gasteiger partial charge in [-0.3, -0.25) is 14.6 Å². The lowest BCUT2D eigenvalue weighted by Gasteiger charge is -2.53. The van der Waals surface area contributed by atoms with Crippen molar-refractivity contribution in [3.8, 4) is 5.75 Å². The molecule has 1 aliphatic carbocycles. The summed E-state index contributed by atoms with van der Waals surface area (Å²) >= 11 is 5.61. The lowest BCUT2D eigenvalue weighted by Crippen LogP contribution is -2.69. The van der Waals surface area contributed by atoms with Gasteiger partial charge in [0.15, 0.2) is 6.61 Å². The second kappa shape index (κ2) is 10.4. The van der Waals surface area contributed by atoms with E-state index in [1.807, 2.05) is 13.8 Å². The maximum Gasteiger partial charge on any atom is 0.433 e. The summed E-state index contributed by atoms with van der Waals surface area (Å²) in [4.78, 5) is 27.8. The molecule has 2 amide bonds. The molecule has 7 nitrogen and oxygen atoms in total. The number of ether oxygens (including phenoxy) is 2. The average Bonchev–Trinajstić information content (AvgIpc) is 2.73. The molecule has 0 aliphatic heterocycles. The first-order valence-corrected chi connectivity index (χ1v) is 10.9. The van der Waals surface area contributed by atoms with E-state index < -0.39 is 40.6 Å². The van der Waals surface area contributed by atoms with Crippen LogP contribution in [-0.4, -0.2) is 41.1 Å². The lowest BCUT2D eigenvalue weighted by atomic mass is 9.64. The van der Waals surface area contributed by atoms with Gasteiger partial charge in [0.05, 0.1) is 11.6 Å². The van der Waals surface area contributed by atoms with Crippen LogP contribution in [0.5, 0.6) is 5.75 Å². The Bertz CT molecular complexity index is 1070. The van der Waals surface area contributed by atoms with Crippen molar-refractivity contribution >= 4 is 23.4 Å². The molecule has 2 N–H and O–H groups in total. The first-order valence-electron chi connectivity index (χ1n) is 10.6. The van der Waals surface area contributed by atoms with Crippen molar-refractivity contribution in [2.24, 2.45) is 0 Å². The number of hydrogen-bond donors (Lipinski definition) is 2. The molecular formula is C23H24ClF4N3O4. The molecule has 190 valence electrons. The van der Waals surface area contributed by atoms with Crippen LogP contribution in [0.25, 0.3) is 0 Å². The number of hydrogen-bond acceptors (Lipinski definition) is 5. The number of nitrogens with zero attached hydrogens (tertiary/aromatic N) is 1. The highest BCUT2D eigenvalue weighted by atomic mass is 35.5. The Kier molecular flexibility index (Phi) is 7.90. The zero-order valence-electron chi connectivity index (χ0n) is 19.0. The van der Waals surface area contributed by atoms with E-state index in [-0.39, 0.29) is 30.6 Å². The van der Waals surface area contributed by atoms with E-state index in [9.17, 15) is 27.2 Å². The molecule has 0 unspecified atom stereocenters. The van der Waals surface area contributed by atoms with Gasteiger partial charge in [0, 0.05) is 23.3 Å². The van der Waals surface area contributed by atoms with E-state index in [1.165, 1.54) is 18.2 Å². The minimum atomic E-state index is -4.52. The number of halogens is 5. The fraction of sp³-hybridized carbons (Fsp3) is 0.435. The van der Waals surface area contributed by atoms with Crippen LogP contribution in [0.4, 0.5) is 17.6 Å². The normalized spacial score (nSPS) is 21.7. The van der Waals surface area contributed by atoms with E-state index >= 15 is 0 Å². The van der Waals surface area contributed by atoms with E-state index in [0.717, 1.165) is 18.3 Å². The summed E-state index contributed by atoms with van der Waals surface area (Å²) in [6.07, 6.45) is -2.56. The monoisotopic (exact) mass is 517 g/mol. The number of rotatable bonds is 9. The van der Waals surface area contributed by atoms with Crippen molar-refractivity contribution in [2.45, 2.75) is 50.6 Å². The molecule has 0 atom stereocenters. The van der Waals surface area contributed by atoms with E-state index in [1.54, 1.807) is 0 Å². The lowest BCUT2D eigenvalue weighted by molar-refractivity contribution is -0.141. The van der Waals surface area contributed by atoms with Crippen LogP contribution in [0.3, 0.4) is 0 Å². The number of benzene rings is 1. The molecule has 1 aliphatic rings. The minimum absolute atomic E-state index is 0.0490. The SMILES string of the molecule is CC1(NC(=O)COCc2ccc(C(F)(F)F)nc2)CC(C)(NC(=O)COc2ccc(Cl)c(F)c2)C1. The smallest absolute Gasteiger partial charge is 0.433 e. The zero-order valence-corrected chi connectivity index (χ0v) is 19.7. The average molecular weight is 518 g/mol. The van der Waals surface area contributed by atoms with Crippen molar-refractivity contribution < 1.29 is 36.6 Å². The van der Waals surface area contributed by atoms with Crippen LogP contribution >= 0.6 is 11.6 Å². The molecule has 1 heterocycles. The molecule has 0 bridgehead atoms. The summed E-state index contributed by atoms with van der Waals surface area (Å²) in [5.74, 6) is -1.27. The molecule has 3 rings (SSSR count). The van der Waals surface area contributed by atoms with Crippen molar-refractivity contribution in [3.63, 3.8) is 0 Å². The molecule has 0 radical (unpaired) electrons. The Hall–Kier alpha value is -2.92. The zero-order chi connectivity index (χ0) is 25.9. The third-order valence-electron chi connectivity index (χ3n) is 5.32. The minimum Gasteiger partial charge on any atom is -0.484 e. The highest BCUT2D eigenvalue weighted by Gasteiger charge is 2.50. The van der Waals surface area contributed by atoms with Gasteiger partial charge in [-0.05, 0) is 50.5 Å². The fourth-order valence-electron chi connectivity index (χ4n) is 4.25. The third-order valence-corrected chi connectivity index (χ3v) is 5.63. The summed E-state index contributed by atoms with van der Waals surface area (Å²) in [6, 6.07) is 5.95. The summed E-state index contributed by atoms with van der Waals surface area (Å²) in [6.45, 7) is 2.98. The van der Waals surface area contributed by atoms with E-state index in [2.05, 4.69) is 15.6 Å². The predicted octanol–water partition coefficient (Wildman–Crippen LogP) is 4.03. The molecule has 1 fully saturated rings. The van der Waals surface area contributed by atoms with Crippen LogP contribution in [0.15, 0.2) is 36.5 Å². The van der Waals surface area contributed by atoms with Gasteiger partial charge in [0.25, 0.3) is 5.91 Å². The largest absolute Gasteiger partial charge is 0.484 e. The van der Waals surface area contributed by atoms with Crippen molar-refractivity contribution in [3.05, 3.63) is 58.6 Å². The van der Waals surface area contributed by atoms with Crippen molar-refractivity contribution in [1.29, 1.82) is 0 Å². The van der Waals surface area contributed by atoms with Crippen LogP contribution in [0.2, 0.25) is 5.02 Å². The number of carbonyl (C=O) groups is 2. The van der Waals surface area contributed by atoms with Crippen molar-refractivity contribution in [2.75, 3.05) is 13.2 Å². The molecule has 2 aromatic rings. The van der Waals surface area contributed by atoms with Gasteiger partial charge >= 0.3 is 6.18 Å². The van der Waals surface area contributed by atoms with Gasteiger partial charge < -0.3 is 20.1 Å². The summed E-state index contributed by atoms with van der Waals surface area (Å²) in [5.41, 5.74) is -1.74. The fourth-order valence-corrected chi connectivity index (χ4v) is 4.36. The Morgan fingerprint density at radius 2 is 1.69 bits per heavy atom. The molecular weight excluding hydrogens is 494 g/mol. The number of carbonyl (C=O) groups excluding carboxylic acids is 2. The molecule has 12 heteroatoms. The molecule has 0 spiro atoms. The van der Waals surface area contributed by atoms with Crippen LogP contribution in [0.1, 0.15) is 37.9 Å². The topological polar surface area (TPSA) is 89.5 Å². The Morgan fingerprint density at radius 1 is 1.06 bits per heavy atom. The Balaban J connectivity index is 1.37. The Labute approximate surface area is 204 Å². The number of amides is 2. The van der Waals surface area contributed by atoms with Gasteiger partial charge in [-0.2, -0.15) is 13.2 Å². The number of pyridine rings is 1. The number of nitrogens with one attached hydrogen (secondary N) is 2. The quantitative estimate of drug-likeness (QED) is 0.490. The van der Waals surface area contributed by atoms with Gasteiger partial charge in [0.1, 0.15) is 23.9 Å². The van der Waals surface area contributed by atoms with E-state index in [4.69, 9.17) is 21.1 Å². The molecule has 1 saturated carbocycles. The number of aromatic nitrogens is 1. The third kappa shape index (κ3) is 7.53. The van der Waals surface area contributed by atoms with Crippen molar-refractivity contribution in [1.82, 2.24) is 15.6 Å². The summed E-state index contributed by atoms with van der Waals surface area (Å²) < 4.78 is 61.6.